The monoisotopic (exact) mass is 305 g/mol. The second kappa shape index (κ2) is 4.92. The maximum absolute atomic E-state index is 9.28. The first kappa shape index (κ1) is 12.2. The third-order valence-corrected chi connectivity index (χ3v) is 3.63. The minimum atomic E-state index is -0.126. The SMILES string of the molecule is OCC1(CNc2ccc(Cl)cc2Br)COC1. The Labute approximate surface area is 108 Å². The van der Waals surface area contributed by atoms with Crippen molar-refractivity contribution in [2.75, 3.05) is 31.7 Å². The zero-order valence-corrected chi connectivity index (χ0v) is 11.0. The number of hydrogen-bond donors (Lipinski definition) is 2. The number of ether oxygens (including phenoxy) is 1. The summed E-state index contributed by atoms with van der Waals surface area (Å²) in [5.74, 6) is 0. The van der Waals surface area contributed by atoms with Crippen molar-refractivity contribution in [2.45, 2.75) is 0 Å². The predicted octanol–water partition coefficient (Wildman–Crippen LogP) is 2.52. The second-order valence-corrected chi connectivity index (χ2v) is 5.42. The third-order valence-electron chi connectivity index (χ3n) is 2.74. The van der Waals surface area contributed by atoms with Gasteiger partial charge in [0.15, 0.2) is 0 Å². The van der Waals surface area contributed by atoms with Crippen LogP contribution in [-0.2, 0) is 4.74 Å². The Morgan fingerprint density at radius 3 is 2.75 bits per heavy atom. The lowest BCUT2D eigenvalue weighted by molar-refractivity contribution is -0.128. The van der Waals surface area contributed by atoms with E-state index in [1.165, 1.54) is 0 Å². The topological polar surface area (TPSA) is 41.5 Å². The van der Waals surface area contributed by atoms with Crippen molar-refractivity contribution in [3.63, 3.8) is 0 Å². The van der Waals surface area contributed by atoms with Gasteiger partial charge in [0.1, 0.15) is 0 Å². The lowest BCUT2D eigenvalue weighted by Gasteiger charge is -2.40. The molecule has 16 heavy (non-hydrogen) atoms. The molecular weight excluding hydrogens is 293 g/mol. The number of aliphatic hydroxyl groups is 1. The molecule has 0 aromatic heterocycles. The van der Waals surface area contributed by atoms with Crippen LogP contribution in [0.2, 0.25) is 5.02 Å². The fraction of sp³-hybridized carbons (Fsp3) is 0.455. The quantitative estimate of drug-likeness (QED) is 0.898. The molecular formula is C11H13BrClNO2. The van der Waals surface area contributed by atoms with Crippen LogP contribution in [0.15, 0.2) is 22.7 Å². The van der Waals surface area contributed by atoms with E-state index in [-0.39, 0.29) is 12.0 Å². The van der Waals surface area contributed by atoms with Gasteiger partial charge in [-0.05, 0) is 34.1 Å². The van der Waals surface area contributed by atoms with Gasteiger partial charge in [-0.25, -0.2) is 0 Å². The van der Waals surface area contributed by atoms with Gasteiger partial charge < -0.3 is 15.2 Å². The fourth-order valence-corrected chi connectivity index (χ4v) is 2.38. The highest BCUT2D eigenvalue weighted by Gasteiger charge is 2.37. The number of halogens is 2. The summed E-state index contributed by atoms with van der Waals surface area (Å²) < 4.78 is 6.06. The van der Waals surface area contributed by atoms with E-state index in [4.69, 9.17) is 16.3 Å². The van der Waals surface area contributed by atoms with Gasteiger partial charge in [0.05, 0.1) is 25.2 Å². The van der Waals surface area contributed by atoms with E-state index in [1.807, 2.05) is 18.2 Å². The molecule has 1 aliphatic rings. The van der Waals surface area contributed by atoms with Crippen molar-refractivity contribution in [1.29, 1.82) is 0 Å². The Morgan fingerprint density at radius 1 is 1.50 bits per heavy atom. The molecule has 0 saturated carbocycles. The third kappa shape index (κ3) is 2.51. The van der Waals surface area contributed by atoms with Gasteiger partial charge in [0, 0.05) is 21.7 Å². The maximum atomic E-state index is 9.28. The maximum Gasteiger partial charge on any atom is 0.0584 e. The van der Waals surface area contributed by atoms with Crippen LogP contribution in [0, 0.1) is 5.41 Å². The lowest BCUT2D eigenvalue weighted by atomic mass is 9.87. The summed E-state index contributed by atoms with van der Waals surface area (Å²) in [6, 6.07) is 5.58. The van der Waals surface area contributed by atoms with E-state index in [9.17, 15) is 5.11 Å². The van der Waals surface area contributed by atoms with Crippen LogP contribution in [0.4, 0.5) is 5.69 Å². The molecule has 1 fully saturated rings. The number of rotatable bonds is 4. The molecule has 0 bridgehead atoms. The summed E-state index contributed by atoms with van der Waals surface area (Å²) in [6.07, 6.45) is 0. The number of benzene rings is 1. The molecule has 0 aliphatic carbocycles. The molecule has 0 spiro atoms. The van der Waals surface area contributed by atoms with Crippen LogP contribution in [0.25, 0.3) is 0 Å². The minimum Gasteiger partial charge on any atom is -0.396 e. The van der Waals surface area contributed by atoms with E-state index >= 15 is 0 Å². The summed E-state index contributed by atoms with van der Waals surface area (Å²) >= 11 is 9.29. The van der Waals surface area contributed by atoms with Crippen molar-refractivity contribution in [3.05, 3.63) is 27.7 Å². The summed E-state index contributed by atoms with van der Waals surface area (Å²) in [7, 11) is 0. The first-order chi connectivity index (χ1) is 7.65. The molecule has 0 atom stereocenters. The average molecular weight is 307 g/mol. The molecule has 1 heterocycles. The standard InChI is InChI=1S/C11H13BrClNO2/c12-9-3-8(13)1-2-10(9)14-4-11(5-15)6-16-7-11/h1-3,14-15H,4-7H2. The minimum absolute atomic E-state index is 0.126. The molecule has 0 amide bonds. The predicted molar refractivity (Wildman–Crippen MR) is 68.0 cm³/mol. The Balaban J connectivity index is 1.99. The Kier molecular flexibility index (Phi) is 3.74. The van der Waals surface area contributed by atoms with Gasteiger partial charge in [0.2, 0.25) is 0 Å². The number of aliphatic hydroxyl groups excluding tert-OH is 1. The number of hydrogen-bond acceptors (Lipinski definition) is 3. The highest BCUT2D eigenvalue weighted by molar-refractivity contribution is 9.10. The van der Waals surface area contributed by atoms with Crippen LogP contribution >= 0.6 is 27.5 Å². The summed E-state index contributed by atoms with van der Waals surface area (Å²) in [6.45, 7) is 2.07. The first-order valence-electron chi connectivity index (χ1n) is 5.03. The van der Waals surface area contributed by atoms with Gasteiger partial charge in [-0.15, -0.1) is 0 Å². The average Bonchev–Trinajstić information content (AvgIpc) is 2.19. The second-order valence-electron chi connectivity index (χ2n) is 4.13. The molecule has 2 rings (SSSR count). The smallest absolute Gasteiger partial charge is 0.0584 e. The number of anilines is 1. The van der Waals surface area contributed by atoms with Gasteiger partial charge in [0.25, 0.3) is 0 Å². The van der Waals surface area contributed by atoms with E-state index in [0.29, 0.717) is 24.8 Å². The highest BCUT2D eigenvalue weighted by atomic mass is 79.9. The summed E-state index contributed by atoms with van der Waals surface area (Å²) in [4.78, 5) is 0. The molecule has 88 valence electrons. The van der Waals surface area contributed by atoms with E-state index < -0.39 is 0 Å². The van der Waals surface area contributed by atoms with Crippen molar-refractivity contribution < 1.29 is 9.84 Å². The van der Waals surface area contributed by atoms with Crippen LogP contribution in [-0.4, -0.2) is 31.5 Å². The van der Waals surface area contributed by atoms with Crippen molar-refractivity contribution >= 4 is 33.2 Å². The molecule has 0 radical (unpaired) electrons. The molecule has 0 unspecified atom stereocenters. The zero-order chi connectivity index (χ0) is 11.6. The van der Waals surface area contributed by atoms with Crippen molar-refractivity contribution in [3.8, 4) is 0 Å². The van der Waals surface area contributed by atoms with Crippen LogP contribution in [0.3, 0.4) is 0 Å². The van der Waals surface area contributed by atoms with Gasteiger partial charge in [-0.2, -0.15) is 0 Å². The summed E-state index contributed by atoms with van der Waals surface area (Å²) in [5.41, 5.74) is 0.850. The van der Waals surface area contributed by atoms with Crippen LogP contribution in [0.1, 0.15) is 0 Å². The van der Waals surface area contributed by atoms with Gasteiger partial charge in [-0.1, -0.05) is 11.6 Å². The molecule has 1 aliphatic heterocycles. The Morgan fingerprint density at radius 2 is 2.25 bits per heavy atom. The lowest BCUT2D eigenvalue weighted by Crippen LogP contribution is -2.50. The van der Waals surface area contributed by atoms with Crippen molar-refractivity contribution in [2.24, 2.45) is 5.41 Å². The molecule has 1 saturated heterocycles. The van der Waals surface area contributed by atoms with E-state index in [1.54, 1.807) is 0 Å². The highest BCUT2D eigenvalue weighted by Crippen LogP contribution is 2.30. The molecule has 1 aromatic rings. The number of nitrogens with one attached hydrogen (secondary N) is 1. The first-order valence-corrected chi connectivity index (χ1v) is 6.20. The molecule has 5 heteroatoms. The van der Waals surface area contributed by atoms with Crippen molar-refractivity contribution in [1.82, 2.24) is 0 Å². The fourth-order valence-electron chi connectivity index (χ4n) is 1.56. The molecule has 1 aromatic carbocycles. The van der Waals surface area contributed by atoms with Gasteiger partial charge >= 0.3 is 0 Å². The van der Waals surface area contributed by atoms with Crippen LogP contribution in [0.5, 0.6) is 0 Å². The Bertz CT molecular complexity index is 377. The van der Waals surface area contributed by atoms with E-state index in [2.05, 4.69) is 21.2 Å². The normalized spacial score (nSPS) is 17.9. The Hall–Kier alpha value is -0.290. The zero-order valence-electron chi connectivity index (χ0n) is 8.67. The molecule has 2 N–H and O–H groups in total. The largest absolute Gasteiger partial charge is 0.396 e. The summed E-state index contributed by atoms with van der Waals surface area (Å²) in [5, 5.41) is 13.3. The molecule has 3 nitrogen and oxygen atoms in total. The van der Waals surface area contributed by atoms with E-state index in [0.717, 1.165) is 10.2 Å². The van der Waals surface area contributed by atoms with Crippen LogP contribution < -0.4 is 5.32 Å². The van der Waals surface area contributed by atoms with Gasteiger partial charge in [-0.3, -0.25) is 0 Å².